The molecular weight excluding hydrogens is 436 g/mol. The van der Waals surface area contributed by atoms with E-state index in [2.05, 4.69) is 22.2 Å². The zero-order valence-electron chi connectivity index (χ0n) is 18.4. The Morgan fingerprint density at radius 3 is 2.67 bits per heavy atom. The predicted octanol–water partition coefficient (Wildman–Crippen LogP) is 5.41. The molecule has 2 heterocycles. The van der Waals surface area contributed by atoms with Crippen molar-refractivity contribution in [2.45, 2.75) is 6.42 Å². The molecule has 2 aliphatic heterocycles. The number of nitrogens with zero attached hydrogens (tertiary/aromatic N) is 3. The van der Waals surface area contributed by atoms with E-state index in [0.717, 1.165) is 49.7 Å². The number of nitrogens with one attached hydrogen (secondary N) is 1. The van der Waals surface area contributed by atoms with E-state index < -0.39 is 0 Å². The second kappa shape index (κ2) is 9.25. The first-order valence-electron chi connectivity index (χ1n) is 11.1. The topological polar surface area (TPSA) is 57.2 Å². The Morgan fingerprint density at radius 2 is 1.79 bits per heavy atom. The van der Waals surface area contributed by atoms with Gasteiger partial charge < -0.3 is 19.9 Å². The van der Waals surface area contributed by atoms with Crippen molar-refractivity contribution in [3.05, 3.63) is 82.9 Å². The number of likely N-dealkylation sites (N-methyl/N-ethyl adjacent to an activating group) is 1. The fourth-order valence-electron chi connectivity index (χ4n) is 4.14. The van der Waals surface area contributed by atoms with Gasteiger partial charge in [0.2, 0.25) is 0 Å². The average molecular weight is 461 g/mol. The number of fused-ring (bicyclic) bond motifs is 2. The second-order valence-corrected chi connectivity index (χ2v) is 8.70. The third-order valence-electron chi connectivity index (χ3n) is 5.93. The Balaban J connectivity index is 1.53. The fraction of sp³-hybridized carbons (Fsp3) is 0.231. The number of rotatable bonds is 2. The number of benzene rings is 3. The van der Waals surface area contributed by atoms with Crippen molar-refractivity contribution in [3.8, 4) is 11.5 Å². The number of aliphatic imine (C=N–C) groups is 1. The van der Waals surface area contributed by atoms with Crippen molar-refractivity contribution >= 4 is 34.7 Å². The maximum atomic E-state index is 12.8. The number of carbonyl (C=O) groups is 1. The van der Waals surface area contributed by atoms with Gasteiger partial charge in [0.1, 0.15) is 17.3 Å². The van der Waals surface area contributed by atoms with Crippen LogP contribution in [0.1, 0.15) is 22.3 Å². The highest BCUT2D eigenvalue weighted by Crippen LogP contribution is 2.39. The predicted molar refractivity (Wildman–Crippen MR) is 132 cm³/mol. The molecule has 33 heavy (non-hydrogen) atoms. The zero-order valence-corrected chi connectivity index (χ0v) is 19.2. The normalized spacial score (nSPS) is 15.9. The maximum Gasteiger partial charge on any atom is 0.257 e. The molecular formula is C26H25ClN4O2. The number of ether oxygens (including phenoxy) is 1. The minimum Gasteiger partial charge on any atom is -0.454 e. The lowest BCUT2D eigenvalue weighted by atomic mass is 10.1. The highest BCUT2D eigenvalue weighted by Gasteiger charge is 2.25. The molecule has 0 spiro atoms. The monoisotopic (exact) mass is 460 g/mol. The molecule has 2 aliphatic rings. The number of carbonyl (C=O) groups excluding carboxylic acids is 1. The first-order chi connectivity index (χ1) is 16.1. The summed E-state index contributed by atoms with van der Waals surface area (Å²) in [5, 5.41) is 3.39. The van der Waals surface area contributed by atoms with Crippen molar-refractivity contribution in [3.63, 3.8) is 0 Å². The molecule has 7 heteroatoms. The molecule has 1 fully saturated rings. The molecule has 1 saturated heterocycles. The Bertz CT molecular complexity index is 1230. The molecule has 1 amide bonds. The molecule has 0 bridgehead atoms. The van der Waals surface area contributed by atoms with Crippen LogP contribution in [0.25, 0.3) is 0 Å². The van der Waals surface area contributed by atoms with Gasteiger partial charge in [0.15, 0.2) is 5.75 Å². The SMILES string of the molecule is CN1CCCN(C2=Nc3ccccc3Oc3ccc(NC(=O)c4ccccc4Cl)cc32)CC1. The van der Waals surface area contributed by atoms with Gasteiger partial charge >= 0.3 is 0 Å². The van der Waals surface area contributed by atoms with Crippen LogP contribution in [-0.2, 0) is 0 Å². The first kappa shape index (κ1) is 21.5. The van der Waals surface area contributed by atoms with Gasteiger partial charge in [0.05, 0.1) is 16.1 Å². The number of hydrogen-bond acceptors (Lipinski definition) is 5. The van der Waals surface area contributed by atoms with Crippen LogP contribution in [0.3, 0.4) is 0 Å². The maximum absolute atomic E-state index is 12.8. The standard InChI is InChI=1S/C26H25ClN4O2/c1-30-13-6-14-31(16-15-30)25-20-17-18(28-26(32)19-7-2-3-8-21(19)27)11-12-23(20)33-24-10-5-4-9-22(24)29-25/h2-5,7-12,17H,6,13-16H2,1H3,(H,28,32). The fourth-order valence-corrected chi connectivity index (χ4v) is 4.36. The van der Waals surface area contributed by atoms with E-state index in [0.29, 0.717) is 27.8 Å². The number of halogens is 1. The number of amides is 1. The third kappa shape index (κ3) is 4.58. The summed E-state index contributed by atoms with van der Waals surface area (Å²) in [6, 6.07) is 20.5. The quantitative estimate of drug-likeness (QED) is 0.555. The molecule has 3 aromatic rings. The molecule has 3 aromatic carbocycles. The van der Waals surface area contributed by atoms with Gasteiger partial charge in [-0.15, -0.1) is 0 Å². The van der Waals surface area contributed by atoms with E-state index in [1.807, 2.05) is 42.5 Å². The van der Waals surface area contributed by atoms with Crippen molar-refractivity contribution in [2.75, 3.05) is 38.5 Å². The van der Waals surface area contributed by atoms with Crippen LogP contribution in [0.5, 0.6) is 11.5 Å². The molecule has 0 saturated carbocycles. The summed E-state index contributed by atoms with van der Waals surface area (Å²) in [6.07, 6.45) is 1.05. The van der Waals surface area contributed by atoms with Gasteiger partial charge in [-0.1, -0.05) is 35.9 Å². The molecule has 0 aromatic heterocycles. The minimum absolute atomic E-state index is 0.256. The number of hydrogen-bond donors (Lipinski definition) is 1. The summed E-state index contributed by atoms with van der Waals surface area (Å²) in [5.74, 6) is 2.04. The lowest BCUT2D eigenvalue weighted by Gasteiger charge is -2.25. The Hall–Kier alpha value is -3.35. The molecule has 6 nitrogen and oxygen atoms in total. The molecule has 168 valence electrons. The van der Waals surface area contributed by atoms with Crippen LogP contribution in [0, 0.1) is 0 Å². The van der Waals surface area contributed by atoms with Crippen LogP contribution in [0.2, 0.25) is 5.02 Å². The van der Waals surface area contributed by atoms with E-state index in [4.69, 9.17) is 21.3 Å². The van der Waals surface area contributed by atoms with Crippen LogP contribution in [0.15, 0.2) is 71.7 Å². The molecule has 0 atom stereocenters. The summed E-state index contributed by atoms with van der Waals surface area (Å²) in [6.45, 7) is 3.78. The lowest BCUT2D eigenvalue weighted by Crippen LogP contribution is -2.35. The van der Waals surface area contributed by atoms with E-state index in [1.54, 1.807) is 24.3 Å². The zero-order chi connectivity index (χ0) is 22.8. The van der Waals surface area contributed by atoms with Gasteiger partial charge in [-0.2, -0.15) is 0 Å². The van der Waals surface area contributed by atoms with Gasteiger partial charge in [-0.05, 0) is 62.5 Å². The summed E-state index contributed by atoms with van der Waals surface area (Å²) in [7, 11) is 2.15. The molecule has 0 radical (unpaired) electrons. The number of para-hydroxylation sites is 2. The summed E-state index contributed by atoms with van der Waals surface area (Å²) >= 11 is 6.22. The van der Waals surface area contributed by atoms with E-state index >= 15 is 0 Å². The first-order valence-corrected chi connectivity index (χ1v) is 11.5. The number of anilines is 1. The minimum atomic E-state index is -0.256. The van der Waals surface area contributed by atoms with Crippen LogP contribution < -0.4 is 10.1 Å². The summed E-state index contributed by atoms with van der Waals surface area (Å²) < 4.78 is 6.25. The van der Waals surface area contributed by atoms with E-state index in [9.17, 15) is 4.79 Å². The van der Waals surface area contributed by atoms with Crippen molar-refractivity contribution < 1.29 is 9.53 Å². The van der Waals surface area contributed by atoms with Crippen LogP contribution in [0.4, 0.5) is 11.4 Å². The molecule has 5 rings (SSSR count). The van der Waals surface area contributed by atoms with Gasteiger partial charge in [0, 0.05) is 25.3 Å². The Kier molecular flexibility index (Phi) is 6.03. The Labute approximate surface area is 198 Å². The second-order valence-electron chi connectivity index (χ2n) is 8.29. The smallest absolute Gasteiger partial charge is 0.257 e. The van der Waals surface area contributed by atoms with Crippen LogP contribution >= 0.6 is 11.6 Å². The molecule has 0 unspecified atom stereocenters. The van der Waals surface area contributed by atoms with Gasteiger partial charge in [0.25, 0.3) is 5.91 Å². The van der Waals surface area contributed by atoms with E-state index in [-0.39, 0.29) is 5.91 Å². The largest absolute Gasteiger partial charge is 0.454 e. The Morgan fingerprint density at radius 1 is 0.970 bits per heavy atom. The van der Waals surface area contributed by atoms with Gasteiger partial charge in [-0.25, -0.2) is 4.99 Å². The highest BCUT2D eigenvalue weighted by molar-refractivity contribution is 6.34. The number of amidine groups is 1. The lowest BCUT2D eigenvalue weighted by molar-refractivity contribution is 0.102. The van der Waals surface area contributed by atoms with Gasteiger partial charge in [-0.3, -0.25) is 4.79 Å². The summed E-state index contributed by atoms with van der Waals surface area (Å²) in [4.78, 5) is 22.5. The molecule has 1 N–H and O–H groups in total. The van der Waals surface area contributed by atoms with Crippen molar-refractivity contribution in [1.29, 1.82) is 0 Å². The third-order valence-corrected chi connectivity index (χ3v) is 6.26. The molecule has 0 aliphatic carbocycles. The average Bonchev–Trinajstić information content (AvgIpc) is 3.13. The van der Waals surface area contributed by atoms with Crippen molar-refractivity contribution in [2.24, 2.45) is 4.99 Å². The van der Waals surface area contributed by atoms with Crippen molar-refractivity contribution in [1.82, 2.24) is 9.80 Å². The van der Waals surface area contributed by atoms with E-state index in [1.165, 1.54) is 0 Å². The summed E-state index contributed by atoms with van der Waals surface area (Å²) in [5.41, 5.74) is 2.74. The highest BCUT2D eigenvalue weighted by atomic mass is 35.5. The van der Waals surface area contributed by atoms with Crippen LogP contribution in [-0.4, -0.2) is 54.8 Å².